The Labute approximate surface area is 69.4 Å². The zero-order valence-electron chi connectivity index (χ0n) is 3.69. The van der Waals surface area contributed by atoms with Crippen LogP contribution in [0.2, 0.25) is 5.02 Å². The number of rotatable bonds is 0. The third kappa shape index (κ3) is 1.27. The molecule has 0 amide bonds. The fourth-order valence-electron chi connectivity index (χ4n) is 0.332. The van der Waals surface area contributed by atoms with Crippen molar-refractivity contribution in [2.24, 2.45) is 0 Å². The van der Waals surface area contributed by atoms with Crippen LogP contribution in [0.1, 0.15) is 0 Å². The molecule has 8 heavy (non-hydrogen) atoms. The fourth-order valence-corrected chi connectivity index (χ4v) is 2.26. The van der Waals surface area contributed by atoms with Crippen LogP contribution in [0.3, 0.4) is 0 Å². The molecule has 1 rings (SSSR count). The van der Waals surface area contributed by atoms with Crippen molar-refractivity contribution in [1.29, 1.82) is 0 Å². The van der Waals surface area contributed by atoms with Gasteiger partial charge in [-0.25, -0.2) is 0 Å². The van der Waals surface area contributed by atoms with Gasteiger partial charge in [0.15, 0.2) is 5.06 Å². The lowest BCUT2D eigenvalue weighted by Gasteiger charge is -1.76. The number of thiophene rings is 1. The Hall–Kier alpha value is 0.520. The van der Waals surface area contributed by atoms with E-state index < -0.39 is 0 Å². The van der Waals surface area contributed by atoms with Gasteiger partial charge in [-0.2, -0.15) is 0 Å². The van der Waals surface area contributed by atoms with Crippen molar-refractivity contribution in [2.75, 3.05) is 0 Å². The zero-order chi connectivity index (χ0) is 6.15. The lowest BCUT2D eigenvalue weighted by Crippen LogP contribution is -1.47. The van der Waals surface area contributed by atoms with Crippen LogP contribution in [0, 0.1) is 2.88 Å². The van der Waals surface area contributed by atoms with E-state index in [0.29, 0.717) is 5.02 Å². The normalized spacial score (nSPS) is 9.75. The standard InChI is InChI=1S/C4H2ClIOS/c5-2-1-3(6)8-4(2)7/h1,7H. The average molecular weight is 260 g/mol. The third-order valence-electron chi connectivity index (χ3n) is 0.639. The van der Waals surface area contributed by atoms with E-state index in [-0.39, 0.29) is 5.06 Å². The fraction of sp³-hybridized carbons (Fsp3) is 0. The first-order valence-electron chi connectivity index (χ1n) is 1.84. The molecule has 0 aliphatic heterocycles. The SMILES string of the molecule is Oc1sc(I)cc1Cl. The van der Waals surface area contributed by atoms with E-state index in [0.717, 1.165) is 2.88 Å². The van der Waals surface area contributed by atoms with E-state index in [1.54, 1.807) is 6.07 Å². The minimum Gasteiger partial charge on any atom is -0.498 e. The minimum atomic E-state index is 0.205. The Kier molecular flexibility index (Phi) is 2.00. The predicted octanol–water partition coefficient (Wildman–Crippen LogP) is 2.71. The van der Waals surface area contributed by atoms with Gasteiger partial charge in [-0.1, -0.05) is 22.9 Å². The van der Waals surface area contributed by atoms with Crippen LogP contribution in [0.25, 0.3) is 0 Å². The second-order valence-corrected chi connectivity index (χ2v) is 4.54. The Morgan fingerprint density at radius 2 is 2.38 bits per heavy atom. The van der Waals surface area contributed by atoms with Gasteiger partial charge in [0.05, 0.1) is 7.91 Å². The van der Waals surface area contributed by atoms with Gasteiger partial charge in [-0.3, -0.25) is 0 Å². The molecule has 4 heteroatoms. The molecule has 0 unspecified atom stereocenters. The molecule has 0 fully saturated rings. The number of hydrogen-bond acceptors (Lipinski definition) is 2. The molecular formula is C4H2ClIOS. The molecule has 1 N–H and O–H groups in total. The highest BCUT2D eigenvalue weighted by Gasteiger charge is 2.00. The van der Waals surface area contributed by atoms with Crippen LogP contribution in [0.5, 0.6) is 5.06 Å². The number of hydrogen-bond donors (Lipinski definition) is 1. The molecular weight excluding hydrogens is 258 g/mol. The van der Waals surface area contributed by atoms with Crippen LogP contribution in [-0.2, 0) is 0 Å². The highest BCUT2D eigenvalue weighted by molar-refractivity contribution is 14.1. The molecule has 1 aromatic rings. The average Bonchev–Trinajstić information content (AvgIpc) is 1.85. The summed E-state index contributed by atoms with van der Waals surface area (Å²) in [6, 6.07) is 1.72. The quantitative estimate of drug-likeness (QED) is 0.711. The monoisotopic (exact) mass is 260 g/mol. The van der Waals surface area contributed by atoms with Crippen LogP contribution >= 0.6 is 45.5 Å². The van der Waals surface area contributed by atoms with Crippen molar-refractivity contribution in [2.45, 2.75) is 0 Å². The topological polar surface area (TPSA) is 20.2 Å². The maximum absolute atomic E-state index is 8.82. The minimum absolute atomic E-state index is 0.205. The van der Waals surface area contributed by atoms with E-state index in [4.69, 9.17) is 16.7 Å². The van der Waals surface area contributed by atoms with E-state index in [9.17, 15) is 0 Å². The molecule has 0 aromatic carbocycles. The van der Waals surface area contributed by atoms with E-state index in [1.807, 2.05) is 0 Å². The molecule has 44 valence electrons. The van der Waals surface area contributed by atoms with E-state index >= 15 is 0 Å². The summed E-state index contributed by atoms with van der Waals surface area (Å²) in [5.74, 6) is 0. The maximum Gasteiger partial charge on any atom is 0.191 e. The van der Waals surface area contributed by atoms with Crippen molar-refractivity contribution in [3.8, 4) is 5.06 Å². The van der Waals surface area contributed by atoms with Gasteiger partial charge in [-0.05, 0) is 28.7 Å². The lowest BCUT2D eigenvalue weighted by atomic mass is 10.6. The summed E-state index contributed by atoms with van der Waals surface area (Å²) in [5.41, 5.74) is 0. The second kappa shape index (κ2) is 2.41. The van der Waals surface area contributed by atoms with Crippen LogP contribution in [0.15, 0.2) is 6.07 Å². The summed E-state index contributed by atoms with van der Waals surface area (Å²) in [6.07, 6.45) is 0. The molecule has 0 atom stereocenters. The summed E-state index contributed by atoms with van der Waals surface area (Å²) >= 11 is 8.86. The van der Waals surface area contributed by atoms with Gasteiger partial charge in [0.1, 0.15) is 0 Å². The molecule has 0 radical (unpaired) electrons. The summed E-state index contributed by atoms with van der Waals surface area (Å²) in [4.78, 5) is 0. The molecule has 1 nitrogen and oxygen atoms in total. The first kappa shape index (κ1) is 6.64. The predicted molar refractivity (Wildman–Crippen MR) is 43.7 cm³/mol. The highest BCUT2D eigenvalue weighted by atomic mass is 127. The first-order valence-corrected chi connectivity index (χ1v) is 4.11. The molecule has 0 saturated heterocycles. The van der Waals surface area contributed by atoms with Crippen molar-refractivity contribution < 1.29 is 5.11 Å². The number of aromatic hydroxyl groups is 1. The Bertz CT molecular complexity index is 178. The summed E-state index contributed by atoms with van der Waals surface area (Å²) in [5, 5.41) is 9.47. The van der Waals surface area contributed by atoms with Gasteiger partial charge >= 0.3 is 0 Å². The third-order valence-corrected chi connectivity index (χ3v) is 2.74. The van der Waals surface area contributed by atoms with Crippen LogP contribution < -0.4 is 0 Å². The number of halogens is 2. The van der Waals surface area contributed by atoms with E-state index in [1.165, 1.54) is 11.3 Å². The van der Waals surface area contributed by atoms with Crippen molar-refractivity contribution >= 4 is 45.5 Å². The molecule has 0 aliphatic rings. The van der Waals surface area contributed by atoms with Gasteiger partial charge in [0, 0.05) is 0 Å². The van der Waals surface area contributed by atoms with Gasteiger partial charge < -0.3 is 5.11 Å². The van der Waals surface area contributed by atoms with Gasteiger partial charge in [0.25, 0.3) is 0 Å². The smallest absolute Gasteiger partial charge is 0.191 e. The van der Waals surface area contributed by atoms with Crippen LogP contribution in [0.4, 0.5) is 0 Å². The van der Waals surface area contributed by atoms with Crippen molar-refractivity contribution in [3.05, 3.63) is 14.0 Å². The Morgan fingerprint density at radius 3 is 2.50 bits per heavy atom. The van der Waals surface area contributed by atoms with Crippen molar-refractivity contribution in [3.63, 3.8) is 0 Å². The molecule has 0 aliphatic carbocycles. The lowest BCUT2D eigenvalue weighted by molar-refractivity contribution is 0.491. The van der Waals surface area contributed by atoms with Gasteiger partial charge in [0.2, 0.25) is 0 Å². The van der Waals surface area contributed by atoms with Crippen LogP contribution in [-0.4, -0.2) is 5.11 Å². The summed E-state index contributed by atoms with van der Waals surface area (Å²) < 4.78 is 1.00. The summed E-state index contributed by atoms with van der Waals surface area (Å²) in [6.45, 7) is 0. The second-order valence-electron chi connectivity index (χ2n) is 1.20. The summed E-state index contributed by atoms with van der Waals surface area (Å²) in [7, 11) is 0. The molecule has 0 bridgehead atoms. The zero-order valence-corrected chi connectivity index (χ0v) is 7.42. The first-order chi connectivity index (χ1) is 3.70. The highest BCUT2D eigenvalue weighted by Crippen LogP contribution is 2.33. The van der Waals surface area contributed by atoms with Gasteiger partial charge in [-0.15, -0.1) is 0 Å². The molecule has 0 spiro atoms. The largest absolute Gasteiger partial charge is 0.498 e. The van der Waals surface area contributed by atoms with Crippen molar-refractivity contribution in [1.82, 2.24) is 0 Å². The Morgan fingerprint density at radius 1 is 1.75 bits per heavy atom. The Balaban J connectivity index is 3.14. The molecule has 1 aromatic heterocycles. The molecule has 1 heterocycles. The maximum atomic E-state index is 8.82. The molecule has 0 saturated carbocycles. The van der Waals surface area contributed by atoms with E-state index in [2.05, 4.69) is 22.6 Å².